The Balaban J connectivity index is 1.69. The molecule has 0 bridgehead atoms. The fourth-order valence-corrected chi connectivity index (χ4v) is 3.76. The molecule has 100 valence electrons. The second-order valence-corrected chi connectivity index (χ2v) is 6.41. The molecule has 0 aromatic rings. The molecular weight excluding hydrogens is 208 g/mol. The maximum Gasteiger partial charge on any atom is 0.0190 e. The van der Waals surface area contributed by atoms with E-state index >= 15 is 0 Å². The Labute approximate surface area is 107 Å². The van der Waals surface area contributed by atoms with Gasteiger partial charge in [0.1, 0.15) is 0 Å². The van der Waals surface area contributed by atoms with E-state index in [2.05, 4.69) is 24.6 Å². The molecule has 2 rings (SSSR count). The van der Waals surface area contributed by atoms with Crippen LogP contribution in [0.3, 0.4) is 0 Å². The van der Waals surface area contributed by atoms with E-state index in [0.717, 1.165) is 12.0 Å². The van der Waals surface area contributed by atoms with Crippen LogP contribution in [0.5, 0.6) is 0 Å². The van der Waals surface area contributed by atoms with Crippen LogP contribution in [-0.2, 0) is 0 Å². The number of nitrogens with one attached hydrogen (secondary N) is 2. The smallest absolute Gasteiger partial charge is 0.0190 e. The van der Waals surface area contributed by atoms with E-state index in [-0.39, 0.29) is 0 Å². The Morgan fingerprint density at radius 1 is 1.12 bits per heavy atom. The third-order valence-electron chi connectivity index (χ3n) is 5.07. The lowest BCUT2D eigenvalue weighted by Crippen LogP contribution is -2.47. The van der Waals surface area contributed by atoms with Crippen molar-refractivity contribution in [3.63, 3.8) is 0 Å². The van der Waals surface area contributed by atoms with Gasteiger partial charge in [-0.15, -0.1) is 0 Å². The Hall–Kier alpha value is -0.0800. The fourth-order valence-electron chi connectivity index (χ4n) is 3.76. The van der Waals surface area contributed by atoms with Gasteiger partial charge in [0.15, 0.2) is 0 Å². The predicted molar refractivity (Wildman–Crippen MR) is 74.3 cm³/mol. The molecule has 0 aromatic heterocycles. The fraction of sp³-hybridized carbons (Fsp3) is 1.00. The average Bonchev–Trinajstić information content (AvgIpc) is 2.76. The maximum atomic E-state index is 3.78. The van der Waals surface area contributed by atoms with Crippen LogP contribution in [0.1, 0.15) is 64.7 Å². The molecule has 2 heteroatoms. The minimum Gasteiger partial charge on any atom is -0.314 e. The van der Waals surface area contributed by atoms with Crippen molar-refractivity contribution >= 4 is 0 Å². The van der Waals surface area contributed by atoms with Crippen molar-refractivity contribution in [2.45, 2.75) is 76.3 Å². The first kappa shape index (κ1) is 13.4. The van der Waals surface area contributed by atoms with Gasteiger partial charge in [0.05, 0.1) is 0 Å². The quantitative estimate of drug-likeness (QED) is 0.769. The van der Waals surface area contributed by atoms with Crippen molar-refractivity contribution in [2.24, 2.45) is 5.92 Å². The van der Waals surface area contributed by atoms with Gasteiger partial charge in [-0.1, -0.05) is 26.2 Å². The predicted octanol–water partition coefficient (Wildman–Crippen LogP) is 3.08. The number of hydrogen-bond acceptors (Lipinski definition) is 2. The summed E-state index contributed by atoms with van der Waals surface area (Å²) in [5.41, 5.74) is 0.454. The van der Waals surface area contributed by atoms with Gasteiger partial charge in [-0.2, -0.15) is 0 Å². The third-order valence-corrected chi connectivity index (χ3v) is 5.07. The Bertz CT molecular complexity index is 221. The van der Waals surface area contributed by atoms with Crippen LogP contribution in [0, 0.1) is 5.92 Å². The van der Waals surface area contributed by atoms with Crippen molar-refractivity contribution in [3.8, 4) is 0 Å². The van der Waals surface area contributed by atoms with E-state index in [1.54, 1.807) is 0 Å². The molecule has 2 saturated carbocycles. The van der Waals surface area contributed by atoms with Crippen LogP contribution in [0.4, 0.5) is 0 Å². The zero-order chi connectivity index (χ0) is 12.1. The summed E-state index contributed by atoms with van der Waals surface area (Å²) in [4.78, 5) is 0. The van der Waals surface area contributed by atoms with Gasteiger partial charge in [-0.25, -0.2) is 0 Å². The van der Waals surface area contributed by atoms with Crippen molar-refractivity contribution in [1.82, 2.24) is 10.6 Å². The highest BCUT2D eigenvalue weighted by atomic mass is 15.0. The first-order chi connectivity index (χ1) is 8.24. The highest BCUT2D eigenvalue weighted by Gasteiger charge is 2.30. The van der Waals surface area contributed by atoms with Crippen LogP contribution in [-0.4, -0.2) is 25.2 Å². The van der Waals surface area contributed by atoms with E-state index in [9.17, 15) is 0 Å². The standard InChI is InChI=1S/C15H30N2/c1-13-6-7-14(12-13)17-11-10-15(16-2)8-4-3-5-9-15/h13-14,16-17H,3-12H2,1-2H3. The summed E-state index contributed by atoms with van der Waals surface area (Å²) in [5.74, 6) is 0.945. The van der Waals surface area contributed by atoms with Gasteiger partial charge < -0.3 is 10.6 Å². The Kier molecular flexibility index (Phi) is 4.87. The molecule has 0 aliphatic heterocycles. The van der Waals surface area contributed by atoms with E-state index in [4.69, 9.17) is 0 Å². The van der Waals surface area contributed by atoms with E-state index in [1.807, 2.05) is 0 Å². The molecule has 0 amide bonds. The summed E-state index contributed by atoms with van der Waals surface area (Å²) >= 11 is 0. The lowest BCUT2D eigenvalue weighted by Gasteiger charge is -2.37. The van der Waals surface area contributed by atoms with Crippen LogP contribution in [0.2, 0.25) is 0 Å². The highest BCUT2D eigenvalue weighted by molar-refractivity contribution is 4.90. The molecule has 17 heavy (non-hydrogen) atoms. The van der Waals surface area contributed by atoms with Crippen LogP contribution < -0.4 is 10.6 Å². The van der Waals surface area contributed by atoms with Crippen LogP contribution in [0.15, 0.2) is 0 Å². The molecule has 0 spiro atoms. The summed E-state index contributed by atoms with van der Waals surface area (Å²) in [6.45, 7) is 3.59. The minimum absolute atomic E-state index is 0.454. The molecule has 0 saturated heterocycles. The SMILES string of the molecule is CNC1(CCNC2CCC(C)C2)CCCCC1. The molecule has 2 aliphatic rings. The van der Waals surface area contributed by atoms with Gasteiger partial charge in [0, 0.05) is 11.6 Å². The molecule has 2 aliphatic carbocycles. The lowest BCUT2D eigenvalue weighted by atomic mass is 9.79. The molecule has 2 nitrogen and oxygen atoms in total. The summed E-state index contributed by atoms with van der Waals surface area (Å²) < 4.78 is 0. The summed E-state index contributed by atoms with van der Waals surface area (Å²) in [6, 6.07) is 0.808. The monoisotopic (exact) mass is 238 g/mol. The molecule has 2 atom stereocenters. The normalized spacial score (nSPS) is 32.8. The molecule has 2 unspecified atom stereocenters. The molecule has 2 N–H and O–H groups in total. The van der Waals surface area contributed by atoms with Gasteiger partial charge in [-0.05, 0) is 58.0 Å². The molecule has 2 fully saturated rings. The number of hydrogen-bond donors (Lipinski definition) is 2. The Morgan fingerprint density at radius 3 is 2.47 bits per heavy atom. The molecule has 0 heterocycles. The van der Waals surface area contributed by atoms with Crippen molar-refractivity contribution < 1.29 is 0 Å². The number of rotatable bonds is 5. The summed E-state index contributed by atoms with van der Waals surface area (Å²) in [5, 5.41) is 7.39. The van der Waals surface area contributed by atoms with Crippen molar-refractivity contribution in [1.29, 1.82) is 0 Å². The van der Waals surface area contributed by atoms with Gasteiger partial charge in [0.25, 0.3) is 0 Å². The minimum atomic E-state index is 0.454. The van der Waals surface area contributed by atoms with E-state index in [0.29, 0.717) is 5.54 Å². The summed E-state index contributed by atoms with van der Waals surface area (Å²) in [7, 11) is 2.16. The molecule has 0 radical (unpaired) electrons. The average molecular weight is 238 g/mol. The van der Waals surface area contributed by atoms with Crippen LogP contribution in [0.25, 0.3) is 0 Å². The Morgan fingerprint density at radius 2 is 1.88 bits per heavy atom. The third kappa shape index (κ3) is 3.69. The van der Waals surface area contributed by atoms with Gasteiger partial charge in [-0.3, -0.25) is 0 Å². The van der Waals surface area contributed by atoms with Gasteiger partial charge in [0.2, 0.25) is 0 Å². The maximum absolute atomic E-state index is 3.78. The zero-order valence-corrected chi connectivity index (χ0v) is 11.7. The van der Waals surface area contributed by atoms with Crippen molar-refractivity contribution in [3.05, 3.63) is 0 Å². The second kappa shape index (κ2) is 6.19. The molecule has 0 aromatic carbocycles. The van der Waals surface area contributed by atoms with E-state index in [1.165, 1.54) is 64.3 Å². The topological polar surface area (TPSA) is 24.1 Å². The van der Waals surface area contributed by atoms with E-state index < -0.39 is 0 Å². The second-order valence-electron chi connectivity index (χ2n) is 6.41. The van der Waals surface area contributed by atoms with Crippen molar-refractivity contribution in [2.75, 3.05) is 13.6 Å². The highest BCUT2D eigenvalue weighted by Crippen LogP contribution is 2.31. The van der Waals surface area contributed by atoms with Gasteiger partial charge >= 0.3 is 0 Å². The zero-order valence-electron chi connectivity index (χ0n) is 11.7. The first-order valence-corrected chi connectivity index (χ1v) is 7.66. The van der Waals surface area contributed by atoms with Crippen LogP contribution >= 0.6 is 0 Å². The first-order valence-electron chi connectivity index (χ1n) is 7.66. The largest absolute Gasteiger partial charge is 0.314 e. The lowest BCUT2D eigenvalue weighted by molar-refractivity contribution is 0.225. The molecular formula is C15H30N2. The summed E-state index contributed by atoms with van der Waals surface area (Å²) in [6.07, 6.45) is 12.6.